The summed E-state index contributed by atoms with van der Waals surface area (Å²) >= 11 is 0. The molecular formula is C14H15N3O2. The fraction of sp³-hybridized carbons (Fsp3) is 0.357. The zero-order valence-corrected chi connectivity index (χ0v) is 10.5. The maximum Gasteiger partial charge on any atom is 0.314 e. The highest BCUT2D eigenvalue weighted by atomic mass is 16.4. The van der Waals surface area contributed by atoms with E-state index in [1.807, 2.05) is 24.3 Å². The Bertz CT molecular complexity index is 586. The summed E-state index contributed by atoms with van der Waals surface area (Å²) in [6.45, 7) is 0. The van der Waals surface area contributed by atoms with Gasteiger partial charge in [-0.05, 0) is 24.5 Å². The quantitative estimate of drug-likeness (QED) is 0.915. The zero-order chi connectivity index (χ0) is 13.3. The van der Waals surface area contributed by atoms with Crippen LogP contribution in [0.2, 0.25) is 0 Å². The van der Waals surface area contributed by atoms with Gasteiger partial charge in [-0.25, -0.2) is 9.67 Å². The summed E-state index contributed by atoms with van der Waals surface area (Å²) in [4.78, 5) is 15.7. The van der Waals surface area contributed by atoms with Gasteiger partial charge < -0.3 is 5.11 Å². The van der Waals surface area contributed by atoms with Crippen LogP contribution in [0.3, 0.4) is 0 Å². The number of hydrogen-bond acceptors (Lipinski definition) is 3. The van der Waals surface area contributed by atoms with E-state index in [1.54, 1.807) is 11.0 Å². The fourth-order valence-electron chi connectivity index (χ4n) is 2.99. The summed E-state index contributed by atoms with van der Waals surface area (Å²) in [5.41, 5.74) is 0.873. The van der Waals surface area contributed by atoms with Crippen LogP contribution in [0.25, 0.3) is 5.69 Å². The molecule has 1 heterocycles. The van der Waals surface area contributed by atoms with Gasteiger partial charge in [0.05, 0.1) is 11.1 Å². The van der Waals surface area contributed by atoms with Gasteiger partial charge in [-0.15, -0.1) is 0 Å². The normalized spacial score (nSPS) is 17.5. The van der Waals surface area contributed by atoms with Crippen molar-refractivity contribution in [3.8, 4) is 5.69 Å². The third-order valence-corrected chi connectivity index (χ3v) is 3.95. The Hall–Kier alpha value is -2.17. The molecule has 1 fully saturated rings. The average Bonchev–Trinajstić information content (AvgIpc) is 3.11. The van der Waals surface area contributed by atoms with E-state index in [9.17, 15) is 9.90 Å². The molecule has 2 aromatic rings. The van der Waals surface area contributed by atoms with Crippen LogP contribution in [0.4, 0.5) is 0 Å². The summed E-state index contributed by atoms with van der Waals surface area (Å²) in [5.74, 6) is -0.738. The van der Waals surface area contributed by atoms with Gasteiger partial charge in [-0.2, -0.15) is 5.10 Å². The van der Waals surface area contributed by atoms with Gasteiger partial charge >= 0.3 is 5.97 Å². The van der Waals surface area contributed by atoms with Crippen molar-refractivity contribution >= 4 is 5.97 Å². The van der Waals surface area contributed by atoms with Gasteiger partial charge in [0, 0.05) is 0 Å². The van der Waals surface area contributed by atoms with Crippen LogP contribution >= 0.6 is 0 Å². The predicted octanol–water partition coefficient (Wildman–Crippen LogP) is 2.16. The van der Waals surface area contributed by atoms with E-state index >= 15 is 0 Å². The molecule has 98 valence electrons. The van der Waals surface area contributed by atoms with E-state index in [1.165, 1.54) is 6.33 Å². The van der Waals surface area contributed by atoms with Crippen molar-refractivity contribution in [2.45, 2.75) is 31.1 Å². The third kappa shape index (κ3) is 1.82. The highest BCUT2D eigenvalue weighted by molar-refractivity contribution is 5.83. The van der Waals surface area contributed by atoms with E-state index < -0.39 is 11.4 Å². The number of carbonyl (C=O) groups is 1. The van der Waals surface area contributed by atoms with E-state index in [-0.39, 0.29) is 0 Å². The standard InChI is InChI=1S/C14H15N3O2/c18-13(19)14(7-3-4-8-14)11-5-1-2-6-12(11)17-10-15-9-16-17/h1-2,5-6,9-10H,3-4,7-8H2,(H,18,19). The Balaban J connectivity index is 2.17. The minimum absolute atomic E-state index is 0.689. The van der Waals surface area contributed by atoms with Crippen molar-refractivity contribution < 1.29 is 9.90 Å². The molecule has 1 saturated carbocycles. The topological polar surface area (TPSA) is 68.0 Å². The number of para-hydroxylation sites is 1. The van der Waals surface area contributed by atoms with Crippen LogP contribution in [-0.2, 0) is 10.2 Å². The first kappa shape index (κ1) is 11.9. The maximum absolute atomic E-state index is 11.8. The SMILES string of the molecule is O=C(O)C1(c2ccccc2-n2cncn2)CCCC1. The molecular weight excluding hydrogens is 242 g/mol. The first-order chi connectivity index (χ1) is 9.24. The number of nitrogens with zero attached hydrogens (tertiary/aromatic N) is 3. The Labute approximate surface area is 110 Å². The van der Waals surface area contributed by atoms with E-state index in [4.69, 9.17) is 0 Å². The number of carboxylic acid groups (broad SMARTS) is 1. The van der Waals surface area contributed by atoms with Crippen molar-refractivity contribution in [1.29, 1.82) is 0 Å². The van der Waals surface area contributed by atoms with Gasteiger partial charge in [-0.3, -0.25) is 4.79 Å². The summed E-state index contributed by atoms with van der Waals surface area (Å²) < 4.78 is 1.64. The van der Waals surface area contributed by atoms with Crippen LogP contribution in [0.5, 0.6) is 0 Å². The summed E-state index contributed by atoms with van der Waals surface area (Å²) in [7, 11) is 0. The van der Waals surface area contributed by atoms with E-state index in [0.717, 1.165) is 24.1 Å². The Morgan fingerprint density at radius 3 is 2.63 bits per heavy atom. The lowest BCUT2D eigenvalue weighted by Gasteiger charge is -2.26. The lowest BCUT2D eigenvalue weighted by atomic mass is 9.78. The minimum atomic E-state index is -0.775. The molecule has 0 saturated heterocycles. The van der Waals surface area contributed by atoms with Crippen LogP contribution in [0.15, 0.2) is 36.9 Å². The average molecular weight is 257 g/mol. The third-order valence-electron chi connectivity index (χ3n) is 3.95. The first-order valence-corrected chi connectivity index (χ1v) is 6.42. The molecule has 0 atom stereocenters. The molecule has 19 heavy (non-hydrogen) atoms. The summed E-state index contributed by atoms with van der Waals surface area (Å²) in [6.07, 6.45) is 6.35. The Morgan fingerprint density at radius 1 is 1.26 bits per heavy atom. The number of carboxylic acids is 1. The molecule has 3 rings (SSSR count). The molecule has 0 unspecified atom stereocenters. The van der Waals surface area contributed by atoms with Gasteiger partial charge in [0.15, 0.2) is 0 Å². The van der Waals surface area contributed by atoms with Crippen molar-refractivity contribution in [2.24, 2.45) is 0 Å². The number of benzene rings is 1. The van der Waals surface area contributed by atoms with Crippen LogP contribution < -0.4 is 0 Å². The molecule has 1 aromatic heterocycles. The molecule has 0 amide bonds. The molecule has 1 N–H and O–H groups in total. The number of aliphatic carboxylic acids is 1. The van der Waals surface area contributed by atoms with E-state index in [0.29, 0.717) is 12.8 Å². The zero-order valence-electron chi connectivity index (χ0n) is 10.5. The molecule has 0 bridgehead atoms. The first-order valence-electron chi connectivity index (χ1n) is 6.42. The second kappa shape index (κ2) is 4.50. The molecule has 1 aliphatic carbocycles. The second-order valence-electron chi connectivity index (χ2n) is 4.95. The highest BCUT2D eigenvalue weighted by Crippen LogP contribution is 2.43. The predicted molar refractivity (Wildman–Crippen MR) is 69.1 cm³/mol. The number of hydrogen-bond donors (Lipinski definition) is 1. The molecule has 0 aliphatic heterocycles. The van der Waals surface area contributed by atoms with Gasteiger partial charge in [0.2, 0.25) is 0 Å². The van der Waals surface area contributed by atoms with Crippen LogP contribution in [0.1, 0.15) is 31.2 Å². The Kier molecular flexibility index (Phi) is 2.81. The second-order valence-corrected chi connectivity index (χ2v) is 4.95. The monoisotopic (exact) mass is 257 g/mol. The maximum atomic E-state index is 11.8. The fourth-order valence-corrected chi connectivity index (χ4v) is 2.99. The van der Waals surface area contributed by atoms with Gasteiger partial charge in [0.25, 0.3) is 0 Å². The number of rotatable bonds is 3. The van der Waals surface area contributed by atoms with Crippen LogP contribution in [0, 0.1) is 0 Å². The van der Waals surface area contributed by atoms with Crippen molar-refractivity contribution in [3.63, 3.8) is 0 Å². The summed E-state index contributed by atoms with van der Waals surface area (Å²) in [5, 5.41) is 13.8. The molecule has 1 aromatic carbocycles. The van der Waals surface area contributed by atoms with Crippen molar-refractivity contribution in [3.05, 3.63) is 42.5 Å². The molecule has 5 nitrogen and oxygen atoms in total. The number of aromatic nitrogens is 3. The largest absolute Gasteiger partial charge is 0.481 e. The molecule has 0 spiro atoms. The molecule has 5 heteroatoms. The highest BCUT2D eigenvalue weighted by Gasteiger charge is 2.44. The van der Waals surface area contributed by atoms with Crippen molar-refractivity contribution in [2.75, 3.05) is 0 Å². The summed E-state index contributed by atoms with van der Waals surface area (Å²) in [6, 6.07) is 7.58. The van der Waals surface area contributed by atoms with Crippen molar-refractivity contribution in [1.82, 2.24) is 14.8 Å². The van der Waals surface area contributed by atoms with Gasteiger partial charge in [0.1, 0.15) is 12.7 Å². The lowest BCUT2D eigenvalue weighted by Crippen LogP contribution is -2.33. The van der Waals surface area contributed by atoms with Gasteiger partial charge in [-0.1, -0.05) is 31.0 Å². The van der Waals surface area contributed by atoms with E-state index in [2.05, 4.69) is 10.1 Å². The minimum Gasteiger partial charge on any atom is -0.481 e. The smallest absolute Gasteiger partial charge is 0.314 e. The Morgan fingerprint density at radius 2 is 2.00 bits per heavy atom. The molecule has 1 aliphatic rings. The molecule has 0 radical (unpaired) electrons. The van der Waals surface area contributed by atoms with Crippen LogP contribution in [-0.4, -0.2) is 25.8 Å². The lowest BCUT2D eigenvalue weighted by molar-refractivity contribution is -0.143.